The van der Waals surface area contributed by atoms with Crippen LogP contribution in [-0.2, 0) is 26.2 Å². The molecule has 0 aliphatic carbocycles. The van der Waals surface area contributed by atoms with Gasteiger partial charge >= 0.3 is 0 Å². The molecule has 0 bridgehead atoms. The summed E-state index contributed by atoms with van der Waals surface area (Å²) >= 11 is 6.15. The van der Waals surface area contributed by atoms with Crippen molar-refractivity contribution in [3.05, 3.63) is 95.3 Å². The Balaban J connectivity index is 2.00. The summed E-state index contributed by atoms with van der Waals surface area (Å²) in [7, 11) is -4.19. The summed E-state index contributed by atoms with van der Waals surface area (Å²) in [6, 6.07) is 18.8. The van der Waals surface area contributed by atoms with E-state index in [1.807, 2.05) is 6.92 Å². The second kappa shape index (κ2) is 13.4. The smallest absolute Gasteiger partial charge is 0.264 e. The zero-order valence-corrected chi connectivity index (χ0v) is 22.9. The number of carbonyl (C=O) groups excluding carboxylic acids is 2. The lowest BCUT2D eigenvalue weighted by Crippen LogP contribution is -2.51. The summed E-state index contributed by atoms with van der Waals surface area (Å²) < 4.78 is 42.8. The lowest BCUT2D eigenvalue weighted by molar-refractivity contribution is -0.139. The van der Waals surface area contributed by atoms with E-state index in [0.29, 0.717) is 6.54 Å². The molecule has 2 amide bonds. The van der Waals surface area contributed by atoms with Crippen molar-refractivity contribution >= 4 is 39.1 Å². The molecule has 0 aliphatic heterocycles. The van der Waals surface area contributed by atoms with E-state index in [2.05, 4.69) is 5.32 Å². The first-order valence-electron chi connectivity index (χ1n) is 12.3. The molecule has 0 heterocycles. The van der Waals surface area contributed by atoms with Gasteiger partial charge in [-0.15, -0.1) is 0 Å². The van der Waals surface area contributed by atoms with E-state index < -0.39 is 40.2 Å². The Kier molecular flexibility index (Phi) is 10.3. The van der Waals surface area contributed by atoms with Gasteiger partial charge in [-0.3, -0.25) is 13.9 Å². The summed E-state index contributed by atoms with van der Waals surface area (Å²) in [5, 5.41) is 3.08. The maximum Gasteiger partial charge on any atom is 0.264 e. The van der Waals surface area contributed by atoms with Gasteiger partial charge in [-0.05, 0) is 49.7 Å². The number of benzene rings is 3. The molecule has 7 nitrogen and oxygen atoms in total. The van der Waals surface area contributed by atoms with Crippen LogP contribution < -0.4 is 9.62 Å². The Morgan fingerprint density at radius 3 is 2.34 bits per heavy atom. The zero-order valence-electron chi connectivity index (χ0n) is 21.3. The first kappa shape index (κ1) is 29.1. The van der Waals surface area contributed by atoms with Gasteiger partial charge in [0.05, 0.1) is 10.6 Å². The third-order valence-electron chi connectivity index (χ3n) is 6.00. The molecule has 0 spiro atoms. The maximum atomic E-state index is 14.5. The fourth-order valence-electron chi connectivity index (χ4n) is 3.81. The predicted molar refractivity (Wildman–Crippen MR) is 147 cm³/mol. The van der Waals surface area contributed by atoms with Crippen LogP contribution in [-0.4, -0.2) is 44.3 Å². The van der Waals surface area contributed by atoms with Crippen LogP contribution in [0.25, 0.3) is 0 Å². The molecule has 3 aromatic rings. The number of halogens is 2. The van der Waals surface area contributed by atoms with Gasteiger partial charge in [0.1, 0.15) is 18.4 Å². The van der Waals surface area contributed by atoms with E-state index in [9.17, 15) is 22.4 Å². The summed E-state index contributed by atoms with van der Waals surface area (Å²) in [5.74, 6) is -1.62. The number of carbonyl (C=O) groups is 2. The van der Waals surface area contributed by atoms with Gasteiger partial charge in [-0.1, -0.05) is 67.4 Å². The van der Waals surface area contributed by atoms with Crippen LogP contribution in [0.15, 0.2) is 83.8 Å². The molecule has 3 rings (SSSR count). The molecule has 1 N–H and O–H groups in total. The Morgan fingerprint density at radius 2 is 1.68 bits per heavy atom. The van der Waals surface area contributed by atoms with Gasteiger partial charge in [0, 0.05) is 23.7 Å². The van der Waals surface area contributed by atoms with E-state index in [4.69, 9.17) is 11.6 Å². The third-order valence-corrected chi connectivity index (χ3v) is 8.02. The first-order chi connectivity index (χ1) is 18.1. The molecular weight excluding hydrogens is 529 g/mol. The lowest BCUT2D eigenvalue weighted by atomic mass is 10.1. The van der Waals surface area contributed by atoms with Crippen molar-refractivity contribution in [1.82, 2.24) is 10.2 Å². The second-order valence-electron chi connectivity index (χ2n) is 8.74. The van der Waals surface area contributed by atoms with E-state index in [-0.39, 0.29) is 27.7 Å². The average molecular weight is 560 g/mol. The number of unbranched alkanes of at least 4 members (excludes halogenated alkanes) is 1. The average Bonchev–Trinajstić information content (AvgIpc) is 2.91. The van der Waals surface area contributed by atoms with Gasteiger partial charge in [0.25, 0.3) is 10.0 Å². The Morgan fingerprint density at radius 1 is 1.00 bits per heavy atom. The van der Waals surface area contributed by atoms with Crippen LogP contribution in [0.4, 0.5) is 10.1 Å². The molecule has 1 atom stereocenters. The van der Waals surface area contributed by atoms with Crippen molar-refractivity contribution in [3.63, 3.8) is 0 Å². The number of hydrogen-bond acceptors (Lipinski definition) is 4. The highest BCUT2D eigenvalue weighted by Gasteiger charge is 2.32. The minimum absolute atomic E-state index is 0.0150. The number of hydrogen-bond donors (Lipinski definition) is 1. The molecule has 0 aliphatic rings. The maximum absolute atomic E-state index is 14.5. The van der Waals surface area contributed by atoms with Crippen LogP contribution in [0.1, 0.15) is 32.3 Å². The largest absolute Gasteiger partial charge is 0.354 e. The number of rotatable bonds is 12. The number of nitrogens with zero attached hydrogens (tertiary/aromatic N) is 2. The molecule has 0 radical (unpaired) electrons. The number of nitrogens with one attached hydrogen (secondary N) is 1. The van der Waals surface area contributed by atoms with E-state index >= 15 is 0 Å². The van der Waals surface area contributed by atoms with E-state index in [1.54, 1.807) is 36.4 Å². The van der Waals surface area contributed by atoms with Crippen molar-refractivity contribution in [2.24, 2.45) is 0 Å². The van der Waals surface area contributed by atoms with Crippen LogP contribution in [0, 0.1) is 5.82 Å². The van der Waals surface area contributed by atoms with Crippen molar-refractivity contribution in [1.29, 1.82) is 0 Å². The van der Waals surface area contributed by atoms with Gasteiger partial charge in [-0.2, -0.15) is 0 Å². The zero-order chi connectivity index (χ0) is 27.7. The minimum atomic E-state index is -4.19. The molecule has 202 valence electrons. The highest BCUT2D eigenvalue weighted by Crippen LogP contribution is 2.27. The first-order valence-corrected chi connectivity index (χ1v) is 14.1. The van der Waals surface area contributed by atoms with E-state index in [1.165, 1.54) is 54.3 Å². The Bertz CT molecular complexity index is 1350. The summed E-state index contributed by atoms with van der Waals surface area (Å²) in [6.07, 6.45) is 1.63. The second-order valence-corrected chi connectivity index (χ2v) is 11.0. The standard InChI is InChI=1S/C28H31ClFN3O4S/c1-3-4-17-31-28(35)21(2)32(19-22-11-8-9-16-26(22)30)27(34)20-33(24-13-10-12-23(29)18-24)38(36,37)25-14-6-5-7-15-25/h5-16,18,21H,3-4,17,19-20H2,1-2H3,(H,31,35)/t21-/m1/s1. The normalized spacial score (nSPS) is 12.0. The Hall–Kier alpha value is -3.43. The monoisotopic (exact) mass is 559 g/mol. The molecule has 0 aromatic heterocycles. The van der Waals surface area contributed by atoms with E-state index in [0.717, 1.165) is 17.1 Å². The minimum Gasteiger partial charge on any atom is -0.354 e. The van der Waals surface area contributed by atoms with Crippen molar-refractivity contribution in [3.8, 4) is 0 Å². The fourth-order valence-corrected chi connectivity index (χ4v) is 5.42. The van der Waals surface area contributed by atoms with Crippen LogP contribution >= 0.6 is 11.6 Å². The highest BCUT2D eigenvalue weighted by molar-refractivity contribution is 7.92. The Labute approximate surface area is 228 Å². The molecular formula is C28H31ClFN3O4S. The van der Waals surface area contributed by atoms with Gasteiger partial charge in [-0.25, -0.2) is 12.8 Å². The predicted octanol–water partition coefficient (Wildman–Crippen LogP) is 5.01. The molecule has 10 heteroatoms. The van der Waals surface area contributed by atoms with Crippen molar-refractivity contribution in [2.75, 3.05) is 17.4 Å². The van der Waals surface area contributed by atoms with Crippen LogP contribution in [0.5, 0.6) is 0 Å². The van der Waals surface area contributed by atoms with Crippen molar-refractivity contribution in [2.45, 2.75) is 44.2 Å². The van der Waals surface area contributed by atoms with Gasteiger partial charge in [0.15, 0.2) is 0 Å². The number of anilines is 1. The van der Waals surface area contributed by atoms with Gasteiger partial charge < -0.3 is 10.2 Å². The summed E-state index contributed by atoms with van der Waals surface area (Å²) in [5.41, 5.74) is 0.384. The molecule has 3 aromatic carbocycles. The molecule has 0 unspecified atom stereocenters. The summed E-state index contributed by atoms with van der Waals surface area (Å²) in [6.45, 7) is 3.11. The topological polar surface area (TPSA) is 86.8 Å². The van der Waals surface area contributed by atoms with Crippen LogP contribution in [0.3, 0.4) is 0 Å². The fraction of sp³-hybridized carbons (Fsp3) is 0.286. The molecule has 0 saturated carbocycles. The van der Waals surface area contributed by atoms with Gasteiger partial charge in [0.2, 0.25) is 11.8 Å². The number of amides is 2. The van der Waals surface area contributed by atoms with Crippen LogP contribution in [0.2, 0.25) is 5.02 Å². The quantitative estimate of drug-likeness (QED) is 0.316. The molecule has 38 heavy (non-hydrogen) atoms. The molecule has 0 fully saturated rings. The highest BCUT2D eigenvalue weighted by atomic mass is 35.5. The lowest BCUT2D eigenvalue weighted by Gasteiger charge is -2.32. The van der Waals surface area contributed by atoms with Crippen molar-refractivity contribution < 1.29 is 22.4 Å². The number of sulfonamides is 1. The third kappa shape index (κ3) is 7.33. The summed E-state index contributed by atoms with van der Waals surface area (Å²) in [4.78, 5) is 27.9. The molecule has 0 saturated heterocycles. The SMILES string of the molecule is CCCCNC(=O)[C@@H](C)N(Cc1ccccc1F)C(=O)CN(c1cccc(Cl)c1)S(=O)(=O)c1ccccc1.